The summed E-state index contributed by atoms with van der Waals surface area (Å²) in [6.45, 7) is -0.556. The summed E-state index contributed by atoms with van der Waals surface area (Å²) in [5, 5.41) is 55.1. The summed E-state index contributed by atoms with van der Waals surface area (Å²) in [7, 11) is 0. The Kier molecular flexibility index (Phi) is 5.46. The number of nitrogens with one attached hydrogen (secondary N) is 1. The number of aliphatic hydroxyl groups excluding tert-OH is 4. The van der Waals surface area contributed by atoms with Crippen molar-refractivity contribution in [2.24, 2.45) is 0 Å². The van der Waals surface area contributed by atoms with Gasteiger partial charge in [-0.25, -0.2) is 0 Å². The van der Waals surface area contributed by atoms with Gasteiger partial charge in [0.25, 0.3) is 0 Å². The van der Waals surface area contributed by atoms with Crippen LogP contribution in [0.25, 0.3) is 0 Å². The summed E-state index contributed by atoms with van der Waals surface area (Å²) >= 11 is 0. The third-order valence-corrected chi connectivity index (χ3v) is 3.50. The number of rotatable bonds is 5. The number of aromatic hydroxyl groups is 1. The fraction of sp³-hybridized carbons (Fsp3) is 0.500. The highest BCUT2D eigenvalue weighted by Gasteiger charge is 2.44. The number of ether oxygens (including phenoxy) is 2. The number of phenolic OH excluding ortho intramolecular Hbond substituents is 1. The molecule has 6 atom stereocenters. The summed E-state index contributed by atoms with van der Waals surface area (Å²) in [5.74, 6) is 0.0559. The Morgan fingerprint density at radius 2 is 1.77 bits per heavy atom. The van der Waals surface area contributed by atoms with Gasteiger partial charge in [-0.2, -0.15) is 0 Å². The number of hydrogen-bond acceptors (Lipinski definition) is 8. The number of benzene rings is 1. The minimum atomic E-state index is -1.54. The molecule has 1 heterocycles. The lowest BCUT2D eigenvalue weighted by atomic mass is 9.99. The van der Waals surface area contributed by atoms with Crippen LogP contribution in [0.2, 0.25) is 0 Å². The zero-order valence-corrected chi connectivity index (χ0v) is 11.6. The Morgan fingerprint density at radius 3 is 2.32 bits per heavy atom. The minimum Gasteiger partial charge on any atom is -0.508 e. The van der Waals surface area contributed by atoms with Crippen LogP contribution in [0.1, 0.15) is 11.7 Å². The van der Waals surface area contributed by atoms with Gasteiger partial charge in [0, 0.05) is 6.21 Å². The standard InChI is InChI=1S/C14H19NO7/c15-5-9(7-1-3-8(17)4-2-7)21-14-13(20)12(19)11(18)10(6-16)22-14/h1-5,9-20H,6H2/t9-,10-,11-,12+,13-,14-/m1/s1. The predicted octanol–water partition coefficient (Wildman–Crippen LogP) is -1.10. The first-order valence-electron chi connectivity index (χ1n) is 6.73. The van der Waals surface area contributed by atoms with Crippen molar-refractivity contribution in [2.45, 2.75) is 36.8 Å². The highest BCUT2D eigenvalue weighted by Crippen LogP contribution is 2.27. The third kappa shape index (κ3) is 3.43. The molecule has 0 aliphatic carbocycles. The van der Waals surface area contributed by atoms with Crippen LogP contribution in [0.3, 0.4) is 0 Å². The van der Waals surface area contributed by atoms with E-state index in [1.807, 2.05) is 0 Å². The van der Waals surface area contributed by atoms with Gasteiger partial charge in [0.05, 0.1) is 6.61 Å². The van der Waals surface area contributed by atoms with Gasteiger partial charge >= 0.3 is 0 Å². The van der Waals surface area contributed by atoms with E-state index in [4.69, 9.17) is 20.0 Å². The van der Waals surface area contributed by atoms with Crippen LogP contribution in [0.4, 0.5) is 0 Å². The van der Waals surface area contributed by atoms with Crippen LogP contribution in [0.15, 0.2) is 24.3 Å². The van der Waals surface area contributed by atoms with Crippen LogP contribution >= 0.6 is 0 Å². The minimum absolute atomic E-state index is 0.0559. The molecule has 1 saturated heterocycles. The van der Waals surface area contributed by atoms with Gasteiger partial charge in [0.1, 0.15) is 36.3 Å². The van der Waals surface area contributed by atoms with Gasteiger partial charge in [-0.1, -0.05) is 12.1 Å². The average molecular weight is 313 g/mol. The summed E-state index contributed by atoms with van der Waals surface area (Å²) in [4.78, 5) is 0. The van der Waals surface area contributed by atoms with Gasteiger partial charge < -0.3 is 40.4 Å². The van der Waals surface area contributed by atoms with E-state index in [0.717, 1.165) is 6.21 Å². The highest BCUT2D eigenvalue weighted by atomic mass is 16.7. The Balaban J connectivity index is 2.12. The molecule has 0 unspecified atom stereocenters. The van der Waals surface area contributed by atoms with E-state index in [0.29, 0.717) is 5.56 Å². The summed E-state index contributed by atoms with van der Waals surface area (Å²) in [6, 6.07) is 5.91. The topological polar surface area (TPSA) is 143 Å². The average Bonchev–Trinajstić information content (AvgIpc) is 2.53. The molecule has 0 bridgehead atoms. The summed E-state index contributed by atoms with van der Waals surface area (Å²) < 4.78 is 10.7. The molecule has 8 nitrogen and oxygen atoms in total. The predicted molar refractivity (Wildman–Crippen MR) is 74.5 cm³/mol. The van der Waals surface area contributed by atoms with E-state index in [-0.39, 0.29) is 5.75 Å². The molecular formula is C14H19NO7. The zero-order valence-electron chi connectivity index (χ0n) is 11.6. The van der Waals surface area contributed by atoms with E-state index < -0.39 is 43.4 Å². The first-order chi connectivity index (χ1) is 10.5. The Morgan fingerprint density at radius 1 is 1.14 bits per heavy atom. The molecular weight excluding hydrogens is 294 g/mol. The van der Waals surface area contributed by atoms with Crippen molar-refractivity contribution in [2.75, 3.05) is 6.61 Å². The molecule has 8 heteroatoms. The fourth-order valence-electron chi connectivity index (χ4n) is 2.20. The molecule has 0 saturated carbocycles. The van der Waals surface area contributed by atoms with Crippen molar-refractivity contribution < 1.29 is 35.0 Å². The monoisotopic (exact) mass is 313 g/mol. The molecule has 0 aromatic heterocycles. The number of aliphatic hydroxyl groups is 4. The van der Waals surface area contributed by atoms with Crippen molar-refractivity contribution >= 4 is 6.21 Å². The Bertz CT molecular complexity index is 492. The number of phenols is 1. The van der Waals surface area contributed by atoms with E-state index in [1.54, 1.807) is 0 Å². The SMILES string of the molecule is N=C[C@@H](O[C@@H]1O[C@H](CO)[C@@H](O)[C@H](O)[C@H]1O)c1ccc(O)cc1. The van der Waals surface area contributed by atoms with E-state index >= 15 is 0 Å². The van der Waals surface area contributed by atoms with Gasteiger partial charge in [0.2, 0.25) is 0 Å². The maximum atomic E-state index is 9.90. The fourth-order valence-corrected chi connectivity index (χ4v) is 2.20. The molecule has 1 fully saturated rings. The molecule has 6 N–H and O–H groups in total. The second-order valence-corrected chi connectivity index (χ2v) is 5.01. The maximum Gasteiger partial charge on any atom is 0.187 e. The van der Waals surface area contributed by atoms with Crippen LogP contribution in [0, 0.1) is 5.41 Å². The molecule has 1 aromatic carbocycles. The molecule has 122 valence electrons. The van der Waals surface area contributed by atoms with E-state index in [9.17, 15) is 20.4 Å². The van der Waals surface area contributed by atoms with E-state index in [2.05, 4.69) is 0 Å². The highest BCUT2D eigenvalue weighted by molar-refractivity contribution is 5.62. The second kappa shape index (κ2) is 7.14. The molecule has 0 radical (unpaired) electrons. The van der Waals surface area contributed by atoms with Crippen molar-refractivity contribution in [1.29, 1.82) is 5.41 Å². The maximum absolute atomic E-state index is 9.90. The molecule has 1 aliphatic rings. The Hall–Kier alpha value is -1.55. The normalized spacial score (nSPS) is 33.4. The molecule has 2 rings (SSSR count). The van der Waals surface area contributed by atoms with Gasteiger partial charge in [-0.05, 0) is 17.7 Å². The van der Waals surface area contributed by atoms with Gasteiger partial charge in [0.15, 0.2) is 6.29 Å². The molecule has 22 heavy (non-hydrogen) atoms. The molecule has 1 aliphatic heterocycles. The van der Waals surface area contributed by atoms with Crippen molar-refractivity contribution in [1.82, 2.24) is 0 Å². The first-order valence-corrected chi connectivity index (χ1v) is 6.73. The first kappa shape index (κ1) is 16.8. The van der Waals surface area contributed by atoms with Gasteiger partial charge in [-0.3, -0.25) is 0 Å². The smallest absolute Gasteiger partial charge is 0.187 e. The quantitative estimate of drug-likeness (QED) is 0.379. The molecule has 0 amide bonds. The number of hydrogen-bond donors (Lipinski definition) is 6. The molecule has 1 aromatic rings. The third-order valence-electron chi connectivity index (χ3n) is 3.50. The lowest BCUT2D eigenvalue weighted by Gasteiger charge is -2.40. The lowest BCUT2D eigenvalue weighted by Crippen LogP contribution is -2.59. The van der Waals surface area contributed by atoms with E-state index in [1.165, 1.54) is 24.3 Å². The Labute approximate surface area is 126 Å². The van der Waals surface area contributed by atoms with Crippen molar-refractivity contribution in [3.63, 3.8) is 0 Å². The van der Waals surface area contributed by atoms with Crippen LogP contribution in [-0.4, -0.2) is 69.1 Å². The summed E-state index contributed by atoms with van der Waals surface area (Å²) in [5.41, 5.74) is 0.532. The van der Waals surface area contributed by atoms with Crippen LogP contribution in [0.5, 0.6) is 5.75 Å². The van der Waals surface area contributed by atoms with Crippen molar-refractivity contribution in [3.8, 4) is 5.75 Å². The molecule has 0 spiro atoms. The largest absolute Gasteiger partial charge is 0.508 e. The summed E-state index contributed by atoms with van der Waals surface area (Å²) in [6.07, 6.45) is -6.85. The van der Waals surface area contributed by atoms with Gasteiger partial charge in [-0.15, -0.1) is 0 Å². The zero-order chi connectivity index (χ0) is 16.3. The van der Waals surface area contributed by atoms with Crippen molar-refractivity contribution in [3.05, 3.63) is 29.8 Å². The second-order valence-electron chi connectivity index (χ2n) is 5.01. The lowest BCUT2D eigenvalue weighted by molar-refractivity contribution is -0.306. The van der Waals surface area contributed by atoms with Crippen LogP contribution in [-0.2, 0) is 9.47 Å². The van der Waals surface area contributed by atoms with Crippen LogP contribution < -0.4 is 0 Å².